The summed E-state index contributed by atoms with van der Waals surface area (Å²) in [6.45, 7) is 4.86. The molecule has 1 N–H and O–H groups in total. The number of sulfonamides is 1. The summed E-state index contributed by atoms with van der Waals surface area (Å²) in [4.78, 5) is 15.3. The Kier molecular flexibility index (Phi) is 4.88. The van der Waals surface area contributed by atoms with E-state index in [1.807, 2.05) is 32.8 Å². The van der Waals surface area contributed by atoms with E-state index in [0.29, 0.717) is 29.3 Å². The van der Waals surface area contributed by atoms with Gasteiger partial charge in [0.05, 0.1) is 15.9 Å². The quantitative estimate of drug-likeness (QED) is 0.600. The van der Waals surface area contributed by atoms with E-state index in [1.54, 1.807) is 22.8 Å². The molecule has 1 saturated carbocycles. The summed E-state index contributed by atoms with van der Waals surface area (Å²) in [5.41, 5.74) is 0.547. The van der Waals surface area contributed by atoms with Crippen LogP contribution in [0.25, 0.3) is 16.2 Å². The van der Waals surface area contributed by atoms with Crippen LogP contribution in [0.3, 0.4) is 0 Å². The standard InChI is InChI=1S/C18H24N6O3S2/c1-12-19-20-16(28-12)24-15-11-13(29(26,27)21-18(2)7-8-18)5-6-14(15)23(17(24)25)10-9-22(3)4/h5-6,11,21H,7-10H2,1-4H3. The van der Waals surface area contributed by atoms with Gasteiger partial charge in [0.15, 0.2) is 0 Å². The number of aromatic nitrogens is 4. The monoisotopic (exact) mass is 436 g/mol. The van der Waals surface area contributed by atoms with Gasteiger partial charge in [-0.25, -0.2) is 22.5 Å². The first kappa shape index (κ1) is 20.2. The first-order valence-electron chi connectivity index (χ1n) is 9.34. The molecular formula is C18H24N6O3S2. The molecule has 4 rings (SSSR count). The smallest absolute Gasteiger partial charge is 0.308 e. The number of imidazole rings is 1. The van der Waals surface area contributed by atoms with E-state index in [9.17, 15) is 13.2 Å². The number of aryl methyl sites for hydroxylation is 1. The van der Waals surface area contributed by atoms with Gasteiger partial charge < -0.3 is 4.90 Å². The summed E-state index contributed by atoms with van der Waals surface area (Å²) in [7, 11) is 0.190. The molecule has 9 nitrogen and oxygen atoms in total. The van der Waals surface area contributed by atoms with Crippen molar-refractivity contribution in [1.82, 2.24) is 29.0 Å². The lowest BCUT2D eigenvalue weighted by atomic mass is 10.3. The maximum Gasteiger partial charge on any atom is 0.335 e. The van der Waals surface area contributed by atoms with Crippen molar-refractivity contribution in [3.05, 3.63) is 33.7 Å². The van der Waals surface area contributed by atoms with E-state index in [-0.39, 0.29) is 16.1 Å². The molecule has 0 spiro atoms. The van der Waals surface area contributed by atoms with Gasteiger partial charge in [-0.05, 0) is 59.0 Å². The van der Waals surface area contributed by atoms with Crippen LogP contribution in [0.5, 0.6) is 0 Å². The molecular weight excluding hydrogens is 412 g/mol. The number of benzene rings is 1. The van der Waals surface area contributed by atoms with Gasteiger partial charge in [-0.15, -0.1) is 10.2 Å². The maximum absolute atomic E-state index is 13.2. The Morgan fingerprint density at radius 3 is 2.55 bits per heavy atom. The highest BCUT2D eigenvalue weighted by atomic mass is 32.2. The fourth-order valence-electron chi connectivity index (χ4n) is 3.15. The van der Waals surface area contributed by atoms with Gasteiger partial charge in [-0.1, -0.05) is 11.3 Å². The lowest BCUT2D eigenvalue weighted by Crippen LogP contribution is -2.34. The van der Waals surface area contributed by atoms with E-state index in [0.717, 1.165) is 17.8 Å². The van der Waals surface area contributed by atoms with Crippen LogP contribution in [0.1, 0.15) is 24.8 Å². The molecule has 1 fully saturated rings. The molecule has 0 bridgehead atoms. The van der Waals surface area contributed by atoms with E-state index in [2.05, 4.69) is 14.9 Å². The van der Waals surface area contributed by atoms with Crippen LogP contribution < -0.4 is 10.4 Å². The fourth-order valence-corrected chi connectivity index (χ4v) is 5.33. The number of rotatable bonds is 7. The Bertz CT molecular complexity index is 1230. The lowest BCUT2D eigenvalue weighted by Gasteiger charge is -2.12. The van der Waals surface area contributed by atoms with E-state index in [4.69, 9.17) is 0 Å². The van der Waals surface area contributed by atoms with Gasteiger partial charge in [0.2, 0.25) is 15.2 Å². The summed E-state index contributed by atoms with van der Waals surface area (Å²) in [5.74, 6) is 0. The van der Waals surface area contributed by atoms with E-state index < -0.39 is 10.0 Å². The van der Waals surface area contributed by atoms with Crippen LogP contribution >= 0.6 is 11.3 Å². The van der Waals surface area contributed by atoms with Crippen LogP contribution in [0.4, 0.5) is 0 Å². The summed E-state index contributed by atoms with van der Waals surface area (Å²) < 4.78 is 31.6. The predicted molar refractivity (Wildman–Crippen MR) is 112 cm³/mol. The van der Waals surface area contributed by atoms with Crippen molar-refractivity contribution >= 4 is 32.4 Å². The minimum atomic E-state index is -3.69. The van der Waals surface area contributed by atoms with Gasteiger partial charge in [0.25, 0.3) is 0 Å². The summed E-state index contributed by atoms with van der Waals surface area (Å²) in [6, 6.07) is 4.80. The number of likely N-dealkylation sites (N-methyl/N-ethyl adjacent to an activating group) is 1. The van der Waals surface area contributed by atoms with Crippen molar-refractivity contribution in [3.8, 4) is 5.13 Å². The SMILES string of the molecule is Cc1nnc(-n2c(=O)n(CCN(C)C)c3ccc(S(=O)(=O)NC4(C)CC4)cc32)s1. The third kappa shape index (κ3) is 3.87. The highest BCUT2D eigenvalue weighted by molar-refractivity contribution is 7.89. The highest BCUT2D eigenvalue weighted by Crippen LogP contribution is 2.36. The molecule has 11 heteroatoms. The second-order valence-electron chi connectivity index (χ2n) is 7.99. The average Bonchev–Trinajstić information content (AvgIpc) is 3.07. The van der Waals surface area contributed by atoms with E-state index >= 15 is 0 Å². The zero-order valence-corrected chi connectivity index (χ0v) is 18.5. The molecule has 0 unspecified atom stereocenters. The maximum atomic E-state index is 13.2. The number of nitrogens with zero attached hydrogens (tertiary/aromatic N) is 5. The number of hydrogen-bond donors (Lipinski definition) is 1. The van der Waals surface area contributed by atoms with Crippen LogP contribution in [-0.4, -0.2) is 58.8 Å². The van der Waals surface area contributed by atoms with Crippen molar-refractivity contribution in [2.24, 2.45) is 0 Å². The molecule has 2 heterocycles. The number of fused-ring (bicyclic) bond motifs is 1. The zero-order valence-electron chi connectivity index (χ0n) is 16.8. The van der Waals surface area contributed by atoms with Gasteiger partial charge in [0.1, 0.15) is 5.01 Å². The molecule has 3 aromatic rings. The Balaban J connectivity index is 1.89. The molecule has 0 amide bonds. The third-order valence-corrected chi connectivity index (χ3v) is 7.53. The second kappa shape index (κ2) is 7.01. The van der Waals surface area contributed by atoms with Crippen molar-refractivity contribution in [2.45, 2.75) is 43.7 Å². The largest absolute Gasteiger partial charge is 0.335 e. The fraction of sp³-hybridized carbons (Fsp3) is 0.500. The molecule has 0 aliphatic heterocycles. The molecule has 1 aliphatic rings. The molecule has 29 heavy (non-hydrogen) atoms. The number of nitrogens with one attached hydrogen (secondary N) is 1. The van der Waals surface area contributed by atoms with Gasteiger partial charge >= 0.3 is 5.69 Å². The molecule has 156 valence electrons. The Morgan fingerprint density at radius 1 is 1.24 bits per heavy atom. The first-order chi connectivity index (χ1) is 13.6. The summed E-state index contributed by atoms with van der Waals surface area (Å²) >= 11 is 1.29. The third-order valence-electron chi connectivity index (χ3n) is 5.07. The highest BCUT2D eigenvalue weighted by Gasteiger charge is 2.41. The van der Waals surface area contributed by atoms with Crippen LogP contribution in [0.2, 0.25) is 0 Å². The summed E-state index contributed by atoms with van der Waals surface area (Å²) in [5, 5.41) is 9.28. The van der Waals surface area contributed by atoms with Crippen LogP contribution in [-0.2, 0) is 16.6 Å². The van der Waals surface area contributed by atoms with Crippen LogP contribution in [0.15, 0.2) is 27.9 Å². The molecule has 1 aromatic carbocycles. The van der Waals surface area contributed by atoms with E-state index in [1.165, 1.54) is 15.9 Å². The minimum Gasteiger partial charge on any atom is -0.308 e. The topological polar surface area (TPSA) is 102 Å². The van der Waals surface area contributed by atoms with Gasteiger partial charge in [0, 0.05) is 18.6 Å². The first-order valence-corrected chi connectivity index (χ1v) is 11.6. The predicted octanol–water partition coefficient (Wildman–Crippen LogP) is 1.34. The lowest BCUT2D eigenvalue weighted by molar-refractivity contribution is 0.383. The Labute approximate surface area is 173 Å². The Hall–Kier alpha value is -2.08. The van der Waals surface area contributed by atoms with Crippen molar-refractivity contribution in [3.63, 3.8) is 0 Å². The molecule has 0 atom stereocenters. The summed E-state index contributed by atoms with van der Waals surface area (Å²) in [6.07, 6.45) is 1.65. The zero-order chi connectivity index (χ0) is 21.0. The number of hydrogen-bond acceptors (Lipinski definition) is 7. The van der Waals surface area contributed by atoms with Crippen molar-refractivity contribution in [1.29, 1.82) is 0 Å². The average molecular weight is 437 g/mol. The molecule has 2 aromatic heterocycles. The van der Waals surface area contributed by atoms with Gasteiger partial charge in [-0.3, -0.25) is 4.57 Å². The molecule has 1 aliphatic carbocycles. The normalized spacial score (nSPS) is 16.0. The van der Waals surface area contributed by atoms with Crippen LogP contribution in [0, 0.1) is 6.92 Å². The van der Waals surface area contributed by atoms with Crippen molar-refractivity contribution < 1.29 is 8.42 Å². The van der Waals surface area contributed by atoms with Gasteiger partial charge in [-0.2, -0.15) is 0 Å². The minimum absolute atomic E-state index is 0.137. The van der Waals surface area contributed by atoms with Crippen molar-refractivity contribution in [2.75, 3.05) is 20.6 Å². The second-order valence-corrected chi connectivity index (χ2v) is 10.8. The Morgan fingerprint density at radius 2 is 1.97 bits per heavy atom. The molecule has 0 saturated heterocycles. The molecule has 0 radical (unpaired) electrons.